The van der Waals surface area contributed by atoms with E-state index in [1.54, 1.807) is 0 Å². The van der Waals surface area contributed by atoms with Crippen molar-refractivity contribution in [2.75, 3.05) is 11.9 Å². The molecule has 0 aromatic heterocycles. The largest absolute Gasteiger partial charge is 0.489 e. The zero-order chi connectivity index (χ0) is 7.68. The van der Waals surface area contributed by atoms with Crippen LogP contribution in [0.15, 0.2) is 24.3 Å². The third-order valence-electron chi connectivity index (χ3n) is 1.78. The summed E-state index contributed by atoms with van der Waals surface area (Å²) in [5.41, 5.74) is 1.10. The second-order valence-corrected chi connectivity index (χ2v) is 2.85. The van der Waals surface area contributed by atoms with Crippen LogP contribution in [0.2, 0.25) is 0 Å². The molecule has 2 rings (SSSR count). The minimum absolute atomic E-state index is 0. The van der Waals surface area contributed by atoms with Gasteiger partial charge in [-0.05, 0) is 19.1 Å². The Morgan fingerprint density at radius 1 is 1.42 bits per heavy atom. The second-order valence-electron chi connectivity index (χ2n) is 2.85. The third-order valence-corrected chi connectivity index (χ3v) is 1.78. The molecule has 0 radical (unpaired) electrons. The van der Waals surface area contributed by atoms with Crippen LogP contribution < -0.4 is 10.1 Å². The number of benzene rings is 1. The Hall–Kier alpha value is -0.890. The van der Waals surface area contributed by atoms with Crippen molar-refractivity contribution < 1.29 is 4.74 Å². The lowest BCUT2D eigenvalue weighted by Gasteiger charge is -2.24. The number of ether oxygens (including phenoxy) is 1. The number of hydrogen-bond acceptors (Lipinski definition) is 2. The van der Waals surface area contributed by atoms with E-state index in [1.165, 1.54) is 0 Å². The smallest absolute Gasteiger partial charge is 0.142 e. The van der Waals surface area contributed by atoms with Gasteiger partial charge in [-0.3, -0.25) is 0 Å². The second kappa shape index (κ2) is 3.68. The van der Waals surface area contributed by atoms with Gasteiger partial charge in [0.05, 0.1) is 11.7 Å². The van der Waals surface area contributed by atoms with Crippen molar-refractivity contribution in [3.63, 3.8) is 0 Å². The molecule has 1 aromatic rings. The summed E-state index contributed by atoms with van der Waals surface area (Å²) in [4.78, 5) is 0. The molecule has 1 heterocycles. The molecule has 0 saturated heterocycles. The lowest BCUT2D eigenvalue weighted by molar-refractivity contribution is 0.292. The molecule has 0 unspecified atom stereocenters. The average molecular weight is 186 g/mol. The summed E-state index contributed by atoms with van der Waals surface area (Å²) >= 11 is 0. The molecule has 1 atom stereocenters. The number of rotatable bonds is 0. The van der Waals surface area contributed by atoms with E-state index in [-0.39, 0.29) is 12.4 Å². The standard InChI is InChI=1S/C9H11NO.ClH/c1-7-6-11-9-5-3-2-4-8(9)10-7;/h2-5,7,10H,6H2,1H3;1H/t7-;/m1./s1. The maximum atomic E-state index is 5.47. The summed E-state index contributed by atoms with van der Waals surface area (Å²) in [6, 6.07) is 8.42. The van der Waals surface area contributed by atoms with Crippen LogP contribution in [0.5, 0.6) is 5.75 Å². The molecule has 1 aliphatic rings. The zero-order valence-electron chi connectivity index (χ0n) is 6.91. The normalized spacial score (nSPS) is 19.6. The zero-order valence-corrected chi connectivity index (χ0v) is 7.73. The molecule has 2 nitrogen and oxygen atoms in total. The van der Waals surface area contributed by atoms with Gasteiger partial charge in [-0.1, -0.05) is 12.1 Å². The summed E-state index contributed by atoms with van der Waals surface area (Å²) in [5.74, 6) is 0.964. The molecular formula is C9H12ClNO. The highest BCUT2D eigenvalue weighted by Crippen LogP contribution is 2.27. The van der Waals surface area contributed by atoms with Crippen molar-refractivity contribution in [1.82, 2.24) is 0 Å². The van der Waals surface area contributed by atoms with Crippen LogP contribution in [-0.4, -0.2) is 12.6 Å². The Balaban J connectivity index is 0.000000720. The number of halogens is 1. The Bertz CT molecular complexity index is 264. The number of nitrogens with one attached hydrogen (secondary N) is 1. The first-order chi connectivity index (χ1) is 5.36. The number of para-hydroxylation sites is 2. The van der Waals surface area contributed by atoms with Crippen LogP contribution in [0.3, 0.4) is 0 Å². The van der Waals surface area contributed by atoms with E-state index in [1.807, 2.05) is 24.3 Å². The van der Waals surface area contributed by atoms with Gasteiger partial charge in [0.1, 0.15) is 12.4 Å². The van der Waals surface area contributed by atoms with Crippen molar-refractivity contribution in [1.29, 1.82) is 0 Å². The van der Waals surface area contributed by atoms with Crippen molar-refractivity contribution in [3.05, 3.63) is 24.3 Å². The van der Waals surface area contributed by atoms with E-state index < -0.39 is 0 Å². The maximum Gasteiger partial charge on any atom is 0.142 e. The van der Waals surface area contributed by atoms with Gasteiger partial charge in [0.2, 0.25) is 0 Å². The molecule has 0 amide bonds. The van der Waals surface area contributed by atoms with Crippen molar-refractivity contribution in [2.24, 2.45) is 0 Å². The highest BCUT2D eigenvalue weighted by Gasteiger charge is 2.12. The van der Waals surface area contributed by atoms with Crippen molar-refractivity contribution in [3.8, 4) is 5.75 Å². The summed E-state index contributed by atoms with van der Waals surface area (Å²) < 4.78 is 5.47. The topological polar surface area (TPSA) is 21.3 Å². The van der Waals surface area contributed by atoms with Gasteiger partial charge < -0.3 is 10.1 Å². The molecule has 66 valence electrons. The summed E-state index contributed by atoms with van der Waals surface area (Å²) in [6.45, 7) is 2.87. The Kier molecular flexibility index (Phi) is 2.82. The Morgan fingerprint density at radius 3 is 3.00 bits per heavy atom. The molecule has 1 aromatic carbocycles. The summed E-state index contributed by atoms with van der Waals surface area (Å²) in [7, 11) is 0. The van der Waals surface area contributed by atoms with Crippen LogP contribution in [0.4, 0.5) is 5.69 Å². The van der Waals surface area contributed by atoms with Crippen LogP contribution in [-0.2, 0) is 0 Å². The van der Waals surface area contributed by atoms with Crippen molar-refractivity contribution in [2.45, 2.75) is 13.0 Å². The van der Waals surface area contributed by atoms with E-state index >= 15 is 0 Å². The Labute approximate surface area is 78.3 Å². The van der Waals surface area contributed by atoms with Gasteiger partial charge in [-0.25, -0.2) is 0 Å². The maximum absolute atomic E-state index is 5.47. The number of anilines is 1. The SMILES string of the molecule is C[C@@H]1COc2ccccc2N1.Cl. The fourth-order valence-corrected chi connectivity index (χ4v) is 1.23. The minimum atomic E-state index is 0. The van der Waals surface area contributed by atoms with Gasteiger partial charge in [-0.15, -0.1) is 12.4 Å². The van der Waals surface area contributed by atoms with Gasteiger partial charge in [0.25, 0.3) is 0 Å². The average Bonchev–Trinajstić information content (AvgIpc) is 2.04. The number of hydrogen-bond donors (Lipinski definition) is 1. The molecule has 0 fully saturated rings. The Morgan fingerprint density at radius 2 is 2.17 bits per heavy atom. The van der Waals surface area contributed by atoms with Gasteiger partial charge in [0, 0.05) is 0 Å². The van der Waals surface area contributed by atoms with Gasteiger partial charge >= 0.3 is 0 Å². The van der Waals surface area contributed by atoms with E-state index in [0.717, 1.165) is 18.0 Å². The number of fused-ring (bicyclic) bond motifs is 1. The predicted molar refractivity (Wildman–Crippen MR) is 52.3 cm³/mol. The predicted octanol–water partition coefficient (Wildman–Crippen LogP) is 2.30. The van der Waals surface area contributed by atoms with E-state index in [2.05, 4.69) is 12.2 Å². The molecule has 0 aliphatic carbocycles. The first-order valence-corrected chi connectivity index (χ1v) is 3.84. The fraction of sp³-hybridized carbons (Fsp3) is 0.333. The van der Waals surface area contributed by atoms with Crippen LogP contribution >= 0.6 is 12.4 Å². The quantitative estimate of drug-likeness (QED) is 0.670. The molecule has 1 N–H and O–H groups in total. The van der Waals surface area contributed by atoms with Crippen LogP contribution in [0, 0.1) is 0 Å². The lowest BCUT2D eigenvalue weighted by Crippen LogP contribution is -2.27. The van der Waals surface area contributed by atoms with Crippen LogP contribution in [0.25, 0.3) is 0 Å². The summed E-state index contributed by atoms with van der Waals surface area (Å²) in [5, 5.41) is 3.33. The van der Waals surface area contributed by atoms with E-state index in [0.29, 0.717) is 6.04 Å². The first kappa shape index (κ1) is 9.20. The third kappa shape index (κ3) is 1.64. The molecular weight excluding hydrogens is 174 g/mol. The van der Waals surface area contributed by atoms with Gasteiger partial charge in [0.15, 0.2) is 0 Å². The van der Waals surface area contributed by atoms with E-state index in [9.17, 15) is 0 Å². The van der Waals surface area contributed by atoms with Crippen molar-refractivity contribution >= 4 is 18.1 Å². The summed E-state index contributed by atoms with van der Waals surface area (Å²) in [6.07, 6.45) is 0. The molecule has 12 heavy (non-hydrogen) atoms. The van der Waals surface area contributed by atoms with Gasteiger partial charge in [-0.2, -0.15) is 0 Å². The lowest BCUT2D eigenvalue weighted by atomic mass is 10.2. The molecule has 0 saturated carbocycles. The first-order valence-electron chi connectivity index (χ1n) is 3.84. The highest BCUT2D eigenvalue weighted by molar-refractivity contribution is 5.85. The minimum Gasteiger partial charge on any atom is -0.489 e. The fourth-order valence-electron chi connectivity index (χ4n) is 1.23. The highest BCUT2D eigenvalue weighted by atomic mass is 35.5. The molecule has 0 spiro atoms. The molecule has 0 bridgehead atoms. The molecule has 1 aliphatic heterocycles. The molecule has 3 heteroatoms. The monoisotopic (exact) mass is 185 g/mol. The van der Waals surface area contributed by atoms with Crippen LogP contribution in [0.1, 0.15) is 6.92 Å². The van der Waals surface area contributed by atoms with E-state index in [4.69, 9.17) is 4.74 Å².